The highest BCUT2D eigenvalue weighted by molar-refractivity contribution is 6.05. The lowest BCUT2D eigenvalue weighted by atomic mass is 10.1. The van der Waals surface area contributed by atoms with Gasteiger partial charge in [0.15, 0.2) is 0 Å². The van der Waals surface area contributed by atoms with Crippen LogP contribution in [0.4, 0.5) is 11.4 Å². The average molecular weight is 374 g/mol. The molecular formula is C24H27N3O. The molecule has 4 nitrogen and oxygen atoms in total. The van der Waals surface area contributed by atoms with Crippen LogP contribution in [0.25, 0.3) is 0 Å². The summed E-state index contributed by atoms with van der Waals surface area (Å²) >= 11 is 0. The van der Waals surface area contributed by atoms with E-state index in [4.69, 9.17) is 0 Å². The zero-order chi connectivity index (χ0) is 20.1. The third-order valence-electron chi connectivity index (χ3n) is 4.78. The van der Waals surface area contributed by atoms with Crippen LogP contribution in [0.2, 0.25) is 0 Å². The number of carbonyl (C=O) groups excluding carboxylic acids is 1. The van der Waals surface area contributed by atoms with Crippen molar-refractivity contribution in [2.75, 3.05) is 10.2 Å². The van der Waals surface area contributed by atoms with Crippen molar-refractivity contribution < 1.29 is 4.79 Å². The van der Waals surface area contributed by atoms with Crippen molar-refractivity contribution in [2.24, 2.45) is 0 Å². The number of rotatable bonds is 6. The van der Waals surface area contributed by atoms with Crippen molar-refractivity contribution >= 4 is 17.3 Å². The van der Waals surface area contributed by atoms with Crippen LogP contribution in [0.15, 0.2) is 67.0 Å². The van der Waals surface area contributed by atoms with Crippen molar-refractivity contribution in [2.45, 2.75) is 40.3 Å². The number of hydrogen-bond donors (Lipinski definition) is 1. The maximum absolute atomic E-state index is 12.8. The van der Waals surface area contributed by atoms with Gasteiger partial charge in [-0.2, -0.15) is 0 Å². The first-order valence-electron chi connectivity index (χ1n) is 9.58. The molecule has 0 aliphatic carbocycles. The van der Waals surface area contributed by atoms with Crippen molar-refractivity contribution in [3.8, 4) is 0 Å². The Balaban J connectivity index is 1.83. The van der Waals surface area contributed by atoms with Gasteiger partial charge in [-0.1, -0.05) is 42.5 Å². The summed E-state index contributed by atoms with van der Waals surface area (Å²) in [6.45, 7) is 9.06. The molecule has 1 heterocycles. The highest BCUT2D eigenvalue weighted by atomic mass is 16.1. The van der Waals surface area contributed by atoms with E-state index in [2.05, 4.69) is 41.2 Å². The van der Waals surface area contributed by atoms with Gasteiger partial charge in [-0.05, 0) is 56.5 Å². The lowest BCUT2D eigenvalue weighted by Crippen LogP contribution is -2.30. The number of anilines is 2. The van der Waals surface area contributed by atoms with E-state index in [0.29, 0.717) is 5.56 Å². The molecule has 0 unspecified atom stereocenters. The Hall–Kier alpha value is -3.14. The van der Waals surface area contributed by atoms with E-state index in [1.54, 1.807) is 6.20 Å². The van der Waals surface area contributed by atoms with Crippen LogP contribution < -0.4 is 10.2 Å². The minimum atomic E-state index is -0.147. The normalized spacial score (nSPS) is 10.8. The van der Waals surface area contributed by atoms with E-state index >= 15 is 0 Å². The second kappa shape index (κ2) is 8.70. The molecule has 0 atom stereocenters. The number of nitrogens with zero attached hydrogens (tertiary/aromatic N) is 2. The molecule has 0 spiro atoms. The van der Waals surface area contributed by atoms with Crippen molar-refractivity contribution in [3.63, 3.8) is 0 Å². The lowest BCUT2D eigenvalue weighted by molar-refractivity contribution is 0.102. The van der Waals surface area contributed by atoms with E-state index in [-0.39, 0.29) is 11.9 Å². The van der Waals surface area contributed by atoms with Gasteiger partial charge in [-0.15, -0.1) is 0 Å². The molecule has 3 rings (SSSR count). The molecule has 28 heavy (non-hydrogen) atoms. The monoisotopic (exact) mass is 373 g/mol. The van der Waals surface area contributed by atoms with E-state index in [1.165, 1.54) is 5.56 Å². The molecule has 1 amide bonds. The fraction of sp³-hybridized carbons (Fsp3) is 0.250. The summed E-state index contributed by atoms with van der Waals surface area (Å²) in [5.41, 5.74) is 5.70. The molecule has 4 heteroatoms. The Kier molecular flexibility index (Phi) is 6.09. The van der Waals surface area contributed by atoms with E-state index < -0.39 is 0 Å². The molecule has 0 aliphatic rings. The SMILES string of the molecule is Cc1ccc(C)c(NC(=O)c2cncc(N(Cc3ccccc3)C(C)C)c2)c1. The molecule has 0 fully saturated rings. The largest absolute Gasteiger partial charge is 0.364 e. The number of nitrogens with one attached hydrogen (secondary N) is 1. The summed E-state index contributed by atoms with van der Waals surface area (Å²) in [4.78, 5) is 19.4. The Morgan fingerprint density at radius 3 is 2.50 bits per heavy atom. The molecule has 1 aromatic heterocycles. The molecule has 3 aromatic rings. The molecule has 0 aliphatic heterocycles. The third-order valence-corrected chi connectivity index (χ3v) is 4.78. The van der Waals surface area contributed by atoms with Crippen LogP contribution in [0.1, 0.15) is 40.9 Å². The van der Waals surface area contributed by atoms with Crippen molar-refractivity contribution in [1.82, 2.24) is 4.98 Å². The van der Waals surface area contributed by atoms with Crippen LogP contribution >= 0.6 is 0 Å². The number of aromatic nitrogens is 1. The highest BCUT2D eigenvalue weighted by Crippen LogP contribution is 2.22. The predicted molar refractivity (Wildman–Crippen MR) is 116 cm³/mol. The fourth-order valence-corrected chi connectivity index (χ4v) is 3.13. The lowest BCUT2D eigenvalue weighted by Gasteiger charge is -2.29. The summed E-state index contributed by atoms with van der Waals surface area (Å²) in [5, 5.41) is 3.01. The summed E-state index contributed by atoms with van der Waals surface area (Å²) in [7, 11) is 0. The predicted octanol–water partition coefficient (Wildman–Crippen LogP) is 5.37. The van der Waals surface area contributed by atoms with Crippen LogP contribution in [-0.4, -0.2) is 16.9 Å². The van der Waals surface area contributed by atoms with Gasteiger partial charge in [-0.3, -0.25) is 9.78 Å². The number of carbonyl (C=O) groups is 1. The van der Waals surface area contributed by atoms with Gasteiger partial charge in [0.05, 0.1) is 17.4 Å². The Morgan fingerprint density at radius 2 is 1.79 bits per heavy atom. The zero-order valence-electron chi connectivity index (χ0n) is 16.9. The van der Waals surface area contributed by atoms with Crippen molar-refractivity contribution in [1.29, 1.82) is 0 Å². The number of pyridine rings is 1. The smallest absolute Gasteiger partial charge is 0.257 e. The van der Waals surface area contributed by atoms with Gasteiger partial charge in [-0.25, -0.2) is 0 Å². The summed E-state index contributed by atoms with van der Waals surface area (Å²) in [5.74, 6) is -0.147. The minimum absolute atomic E-state index is 0.147. The second-order valence-corrected chi connectivity index (χ2v) is 7.41. The summed E-state index contributed by atoms with van der Waals surface area (Å²) in [6.07, 6.45) is 3.43. The molecule has 1 N–H and O–H groups in total. The number of amides is 1. The summed E-state index contributed by atoms with van der Waals surface area (Å²) in [6, 6.07) is 18.6. The van der Waals surface area contributed by atoms with E-state index in [9.17, 15) is 4.79 Å². The van der Waals surface area contributed by atoms with Gasteiger partial charge in [0.2, 0.25) is 0 Å². The van der Waals surface area contributed by atoms with Gasteiger partial charge in [0.25, 0.3) is 5.91 Å². The molecule has 0 radical (unpaired) electrons. The maximum Gasteiger partial charge on any atom is 0.257 e. The van der Waals surface area contributed by atoms with Gasteiger partial charge in [0.1, 0.15) is 0 Å². The zero-order valence-corrected chi connectivity index (χ0v) is 16.9. The van der Waals surface area contributed by atoms with E-state index in [1.807, 2.05) is 62.5 Å². The minimum Gasteiger partial charge on any atom is -0.364 e. The molecule has 0 saturated carbocycles. The maximum atomic E-state index is 12.8. The Bertz CT molecular complexity index is 951. The first-order chi connectivity index (χ1) is 13.4. The standard InChI is InChI=1S/C24H27N3O/c1-17(2)27(16-20-8-6-5-7-9-20)22-13-21(14-25-15-22)24(28)26-23-12-18(3)10-11-19(23)4/h5-15,17H,16H2,1-4H3,(H,26,28). The highest BCUT2D eigenvalue weighted by Gasteiger charge is 2.15. The molecule has 0 saturated heterocycles. The first kappa shape index (κ1) is 19.6. The van der Waals surface area contributed by atoms with Crippen LogP contribution in [0.5, 0.6) is 0 Å². The van der Waals surface area contributed by atoms with Crippen molar-refractivity contribution in [3.05, 3.63) is 89.2 Å². The molecule has 144 valence electrons. The number of aryl methyl sites for hydroxylation is 2. The average Bonchev–Trinajstić information content (AvgIpc) is 2.69. The van der Waals surface area contributed by atoms with Gasteiger partial charge < -0.3 is 10.2 Å². The van der Waals surface area contributed by atoms with Gasteiger partial charge >= 0.3 is 0 Å². The topological polar surface area (TPSA) is 45.2 Å². The summed E-state index contributed by atoms with van der Waals surface area (Å²) < 4.78 is 0. The van der Waals surface area contributed by atoms with Crippen LogP contribution in [-0.2, 0) is 6.54 Å². The second-order valence-electron chi connectivity index (χ2n) is 7.41. The first-order valence-corrected chi connectivity index (χ1v) is 9.58. The fourth-order valence-electron chi connectivity index (χ4n) is 3.13. The number of benzene rings is 2. The molecular weight excluding hydrogens is 346 g/mol. The van der Waals surface area contributed by atoms with E-state index in [0.717, 1.165) is 29.0 Å². The quantitative estimate of drug-likeness (QED) is 0.632. The Morgan fingerprint density at radius 1 is 1.04 bits per heavy atom. The molecule has 0 bridgehead atoms. The van der Waals surface area contributed by atoms with Crippen LogP contribution in [0, 0.1) is 13.8 Å². The Labute approximate surface area is 167 Å². The third kappa shape index (κ3) is 4.77. The number of hydrogen-bond acceptors (Lipinski definition) is 3. The van der Waals surface area contributed by atoms with Crippen LogP contribution in [0.3, 0.4) is 0 Å². The van der Waals surface area contributed by atoms with Gasteiger partial charge in [0, 0.05) is 24.5 Å². The molecule has 2 aromatic carbocycles.